The molecule has 44 heavy (non-hydrogen) atoms. The number of primary amides is 2. The van der Waals surface area contributed by atoms with E-state index in [1.165, 1.54) is 30.5 Å². The number of nitrogens with two attached hydrogens (primary N) is 2. The number of nitrogens with zero attached hydrogens (tertiary/aromatic N) is 4. The van der Waals surface area contributed by atoms with Crippen molar-refractivity contribution in [2.24, 2.45) is 11.5 Å². The number of thiazole rings is 1. The maximum atomic E-state index is 13.7. The fourth-order valence-corrected chi connectivity index (χ4v) is 7.82. The average molecular weight is 648 g/mol. The molecule has 0 aliphatic carbocycles. The quantitative estimate of drug-likeness (QED) is 0.250. The van der Waals surface area contributed by atoms with E-state index in [2.05, 4.69) is 19.7 Å². The van der Waals surface area contributed by atoms with Gasteiger partial charge in [-0.05, 0) is 55.8 Å². The lowest BCUT2D eigenvalue weighted by atomic mass is 9.87. The molecule has 1 aliphatic rings. The van der Waals surface area contributed by atoms with Crippen molar-refractivity contribution in [3.63, 3.8) is 0 Å². The maximum absolute atomic E-state index is 13.7. The van der Waals surface area contributed by atoms with Crippen molar-refractivity contribution in [3.05, 3.63) is 71.3 Å². The number of amides is 3. The van der Waals surface area contributed by atoms with Gasteiger partial charge in [-0.3, -0.25) is 14.8 Å². The molecule has 3 amide bonds. The molecule has 11 nitrogen and oxygen atoms in total. The van der Waals surface area contributed by atoms with Crippen LogP contribution in [0.4, 0.5) is 18.0 Å². The minimum Gasteiger partial charge on any atom is -0.367 e. The van der Waals surface area contributed by atoms with Crippen molar-refractivity contribution < 1.29 is 31.2 Å². The number of urea groups is 1. The largest absolute Gasteiger partial charge is 0.367 e. The number of halogens is 3. The summed E-state index contributed by atoms with van der Waals surface area (Å²) in [4.78, 5) is 39.8. The summed E-state index contributed by atoms with van der Waals surface area (Å²) in [5.74, 6) is -0.992. The molecule has 4 heterocycles. The topological polar surface area (TPSA) is 174 Å². The molecule has 3 unspecified atom stereocenters. The summed E-state index contributed by atoms with van der Waals surface area (Å²) in [5, 5.41) is 0.646. The van der Waals surface area contributed by atoms with E-state index in [1.54, 1.807) is 31.3 Å². The number of likely N-dealkylation sites (tertiary alicyclic amines) is 1. The van der Waals surface area contributed by atoms with Gasteiger partial charge >= 0.3 is 6.03 Å². The van der Waals surface area contributed by atoms with Gasteiger partial charge in [0.25, 0.3) is 12.3 Å². The fourth-order valence-electron chi connectivity index (χ4n) is 5.28. The minimum absolute atomic E-state index is 0.0508. The summed E-state index contributed by atoms with van der Waals surface area (Å²) < 4.78 is 70.5. The van der Waals surface area contributed by atoms with Gasteiger partial charge in [0.05, 0.1) is 32.1 Å². The number of pyridine rings is 2. The van der Waals surface area contributed by atoms with Gasteiger partial charge in [-0.15, -0.1) is 11.3 Å². The molecular formula is C28H28F3N7O4S2. The first-order valence-electron chi connectivity index (χ1n) is 13.3. The van der Waals surface area contributed by atoms with Crippen LogP contribution in [-0.4, -0.2) is 65.9 Å². The van der Waals surface area contributed by atoms with Crippen molar-refractivity contribution in [2.45, 2.75) is 48.6 Å². The Hall–Kier alpha value is -4.15. The Morgan fingerprint density at radius 3 is 2.59 bits per heavy atom. The first-order valence-corrected chi connectivity index (χ1v) is 15.6. The zero-order valence-corrected chi connectivity index (χ0v) is 25.1. The number of hydrogen-bond donors (Lipinski definition) is 3. The van der Waals surface area contributed by atoms with Gasteiger partial charge in [0.2, 0.25) is 10.0 Å². The highest BCUT2D eigenvalue weighted by Gasteiger charge is 2.56. The Kier molecular flexibility index (Phi) is 8.11. The van der Waals surface area contributed by atoms with Gasteiger partial charge < -0.3 is 16.4 Å². The summed E-state index contributed by atoms with van der Waals surface area (Å²) in [6.07, 6.45) is -0.457. The van der Waals surface area contributed by atoms with E-state index in [0.717, 1.165) is 23.2 Å². The van der Waals surface area contributed by atoms with Crippen molar-refractivity contribution in [3.8, 4) is 10.4 Å². The monoisotopic (exact) mass is 647 g/mol. The van der Waals surface area contributed by atoms with Crippen LogP contribution < -0.4 is 16.2 Å². The normalized spacial score (nSPS) is 20.2. The summed E-state index contributed by atoms with van der Waals surface area (Å²) in [6.45, 7) is 1.03. The smallest absolute Gasteiger partial charge is 0.316 e. The van der Waals surface area contributed by atoms with Gasteiger partial charge in [0.1, 0.15) is 11.7 Å². The van der Waals surface area contributed by atoms with Crippen LogP contribution in [0.5, 0.6) is 0 Å². The molecular weight excluding hydrogens is 619 g/mol. The van der Waals surface area contributed by atoms with Crippen LogP contribution in [0.3, 0.4) is 0 Å². The maximum Gasteiger partial charge on any atom is 0.316 e. The number of benzene rings is 1. The predicted octanol–water partition coefficient (Wildman–Crippen LogP) is 3.37. The standard InChI is InChI=1S/C28H28F3N7O4S2/c1-15-22(17-7-9-35-21(11-17)27(2,14-29)23(30)31)43-25(36-15)28(24(32)39)12-18(13-38(28)26(33)40)37-44(41,42)19-5-6-20-16(10-19)4-3-8-34-20/h3-11,18,23,37H,12-14H2,1-2H3,(H2,32,39)(H2,33,40). The molecule has 0 saturated carbocycles. The summed E-state index contributed by atoms with van der Waals surface area (Å²) >= 11 is 0.957. The second-order valence-electron chi connectivity index (χ2n) is 10.8. The molecule has 5 N–H and O–H groups in total. The number of carbonyl (C=O) groups is 2. The number of aromatic nitrogens is 3. The van der Waals surface area contributed by atoms with Crippen LogP contribution in [0.15, 0.2) is 59.8 Å². The molecule has 5 rings (SSSR count). The molecule has 1 aromatic carbocycles. The molecule has 232 valence electrons. The van der Waals surface area contributed by atoms with Gasteiger partial charge in [0, 0.05) is 36.8 Å². The number of rotatable bonds is 9. The third kappa shape index (κ3) is 5.26. The molecule has 3 aromatic heterocycles. The molecule has 1 fully saturated rings. The third-order valence-corrected chi connectivity index (χ3v) is 10.7. The van der Waals surface area contributed by atoms with Crippen LogP contribution >= 0.6 is 11.3 Å². The van der Waals surface area contributed by atoms with Crippen LogP contribution in [0.1, 0.15) is 29.7 Å². The lowest BCUT2D eigenvalue weighted by molar-refractivity contribution is -0.127. The van der Waals surface area contributed by atoms with Gasteiger partial charge in [-0.25, -0.2) is 36.1 Å². The minimum atomic E-state index is -4.14. The van der Waals surface area contributed by atoms with E-state index >= 15 is 0 Å². The summed E-state index contributed by atoms with van der Waals surface area (Å²) in [6, 6.07) is 8.61. The fraction of sp³-hybridized carbons (Fsp3) is 0.321. The molecule has 0 bridgehead atoms. The Balaban J connectivity index is 1.52. The van der Waals surface area contributed by atoms with E-state index in [-0.39, 0.29) is 28.6 Å². The number of aryl methyl sites for hydroxylation is 1. The third-order valence-electron chi connectivity index (χ3n) is 7.80. The van der Waals surface area contributed by atoms with E-state index in [4.69, 9.17) is 11.5 Å². The lowest BCUT2D eigenvalue weighted by Crippen LogP contribution is -2.55. The van der Waals surface area contributed by atoms with Crippen molar-refractivity contribution >= 4 is 44.2 Å². The molecule has 16 heteroatoms. The Labute approximate surface area is 254 Å². The lowest BCUT2D eigenvalue weighted by Gasteiger charge is -2.32. The molecule has 3 atom stereocenters. The van der Waals surface area contributed by atoms with E-state index in [1.807, 2.05) is 0 Å². The second kappa shape index (κ2) is 11.4. The van der Waals surface area contributed by atoms with Crippen LogP contribution in [0.2, 0.25) is 0 Å². The first kappa shape index (κ1) is 31.3. The SMILES string of the molecule is Cc1nc(C2(C(N)=O)CC(NS(=O)(=O)c3ccc4ncccc4c3)CN2C(N)=O)sc1-c1ccnc(C(C)(CF)C(F)F)c1. The van der Waals surface area contributed by atoms with Crippen LogP contribution in [-0.2, 0) is 25.8 Å². The molecule has 0 spiro atoms. The van der Waals surface area contributed by atoms with Gasteiger partial charge in [0.15, 0.2) is 5.54 Å². The van der Waals surface area contributed by atoms with Crippen molar-refractivity contribution in [1.29, 1.82) is 0 Å². The van der Waals surface area contributed by atoms with Crippen molar-refractivity contribution in [2.75, 3.05) is 13.2 Å². The molecule has 1 aliphatic heterocycles. The van der Waals surface area contributed by atoms with Gasteiger partial charge in [-0.1, -0.05) is 6.07 Å². The number of hydrogen-bond acceptors (Lipinski definition) is 8. The number of alkyl halides is 3. The highest BCUT2D eigenvalue weighted by atomic mass is 32.2. The average Bonchev–Trinajstić information content (AvgIpc) is 3.57. The molecule has 0 radical (unpaired) electrons. The zero-order chi connectivity index (χ0) is 32.0. The Bertz CT molecular complexity index is 1870. The highest BCUT2D eigenvalue weighted by molar-refractivity contribution is 7.89. The number of nitrogens with one attached hydrogen (secondary N) is 1. The highest BCUT2D eigenvalue weighted by Crippen LogP contribution is 2.44. The molecule has 1 saturated heterocycles. The van der Waals surface area contributed by atoms with Crippen LogP contribution in [0, 0.1) is 6.92 Å². The molecule has 4 aromatic rings. The second-order valence-corrected chi connectivity index (χ2v) is 13.5. The Morgan fingerprint density at radius 2 is 1.93 bits per heavy atom. The summed E-state index contributed by atoms with van der Waals surface area (Å²) in [7, 11) is -4.14. The summed E-state index contributed by atoms with van der Waals surface area (Å²) in [5.41, 5.74) is 8.64. The number of fused-ring (bicyclic) bond motifs is 1. The van der Waals surface area contributed by atoms with E-state index in [9.17, 15) is 31.2 Å². The van der Waals surface area contributed by atoms with Crippen molar-refractivity contribution in [1.82, 2.24) is 24.6 Å². The number of carbonyl (C=O) groups excluding carboxylic acids is 2. The zero-order valence-electron chi connectivity index (χ0n) is 23.5. The predicted molar refractivity (Wildman–Crippen MR) is 157 cm³/mol. The first-order chi connectivity index (χ1) is 20.7. The Morgan fingerprint density at radius 1 is 1.18 bits per heavy atom. The number of sulfonamides is 1. The van der Waals surface area contributed by atoms with E-state index < -0.39 is 52.1 Å². The van der Waals surface area contributed by atoms with Crippen LogP contribution in [0.25, 0.3) is 21.3 Å². The van der Waals surface area contributed by atoms with Gasteiger partial charge in [-0.2, -0.15) is 0 Å². The van der Waals surface area contributed by atoms with E-state index in [0.29, 0.717) is 27.0 Å².